The third-order valence-electron chi connectivity index (χ3n) is 5.96. The molecule has 1 aromatic rings. The van der Waals surface area contributed by atoms with Crippen molar-refractivity contribution in [2.45, 2.75) is 68.6 Å². The number of hydrogen-bond acceptors (Lipinski definition) is 4. The molecule has 2 fully saturated rings. The summed E-state index contributed by atoms with van der Waals surface area (Å²) in [6.45, 7) is 0. The fourth-order valence-electron chi connectivity index (χ4n) is 4.93. The van der Waals surface area contributed by atoms with Gasteiger partial charge in [0.25, 0.3) is 15.8 Å². The lowest BCUT2D eigenvalue weighted by molar-refractivity contribution is -0.386. The van der Waals surface area contributed by atoms with E-state index < -0.39 is 15.0 Å². The zero-order valence-corrected chi connectivity index (χ0v) is 15.1. The molecule has 0 radical (unpaired) electrons. The monoisotopic (exact) mass is 367 g/mol. The van der Waals surface area contributed by atoms with E-state index in [0.717, 1.165) is 38.5 Å². The first-order valence-electron chi connectivity index (χ1n) is 9.14. The normalized spacial score (nSPS) is 25.6. The molecule has 2 aliphatic rings. The largest absolute Gasteiger partial charge is 0.295 e. The standard InChI is InChI=1S/C18H25NO5S/c20-19(21)16-11-6-12-17(25(22,23)24)18(16)15-10-5-4-9-14(15)13-7-2-1-3-8-13/h6,11-15H,1-5,7-10H2,(H,22,23,24). The van der Waals surface area contributed by atoms with Crippen LogP contribution in [-0.4, -0.2) is 17.9 Å². The van der Waals surface area contributed by atoms with Crippen LogP contribution in [0.25, 0.3) is 0 Å². The maximum atomic E-state index is 11.9. The summed E-state index contributed by atoms with van der Waals surface area (Å²) in [5.41, 5.74) is 0.0492. The Morgan fingerprint density at radius 1 is 1.00 bits per heavy atom. The van der Waals surface area contributed by atoms with Crippen molar-refractivity contribution in [2.75, 3.05) is 0 Å². The van der Waals surface area contributed by atoms with Crippen molar-refractivity contribution in [2.24, 2.45) is 11.8 Å². The van der Waals surface area contributed by atoms with Gasteiger partial charge in [-0.3, -0.25) is 14.7 Å². The highest BCUT2D eigenvalue weighted by atomic mass is 32.2. The molecule has 2 saturated carbocycles. The van der Waals surface area contributed by atoms with Crippen molar-refractivity contribution in [1.82, 2.24) is 0 Å². The van der Waals surface area contributed by atoms with Crippen LogP contribution < -0.4 is 0 Å². The Balaban J connectivity index is 2.09. The van der Waals surface area contributed by atoms with Gasteiger partial charge in [0, 0.05) is 6.07 Å². The van der Waals surface area contributed by atoms with Crippen molar-refractivity contribution in [1.29, 1.82) is 0 Å². The lowest BCUT2D eigenvalue weighted by atomic mass is 9.66. The molecule has 0 spiro atoms. The summed E-state index contributed by atoms with van der Waals surface area (Å²) in [6, 6.07) is 3.99. The highest BCUT2D eigenvalue weighted by Crippen LogP contribution is 2.49. The van der Waals surface area contributed by atoms with E-state index in [2.05, 4.69) is 0 Å². The Morgan fingerprint density at radius 2 is 1.64 bits per heavy atom. The minimum absolute atomic E-state index is 0.171. The predicted molar refractivity (Wildman–Crippen MR) is 94.2 cm³/mol. The molecule has 0 amide bonds. The van der Waals surface area contributed by atoms with E-state index in [9.17, 15) is 23.1 Å². The van der Waals surface area contributed by atoms with E-state index in [4.69, 9.17) is 0 Å². The second-order valence-electron chi connectivity index (χ2n) is 7.37. The molecule has 0 bridgehead atoms. The highest BCUT2D eigenvalue weighted by molar-refractivity contribution is 7.85. The van der Waals surface area contributed by atoms with E-state index >= 15 is 0 Å². The molecule has 0 aliphatic heterocycles. The first-order chi connectivity index (χ1) is 11.9. The van der Waals surface area contributed by atoms with Crippen LogP contribution in [0.2, 0.25) is 0 Å². The summed E-state index contributed by atoms with van der Waals surface area (Å²) < 4.78 is 33.4. The quantitative estimate of drug-likeness (QED) is 0.473. The van der Waals surface area contributed by atoms with E-state index in [1.807, 2.05) is 0 Å². The molecule has 1 N–H and O–H groups in total. The molecule has 2 aliphatic carbocycles. The Hall–Kier alpha value is -1.47. The first kappa shape index (κ1) is 18.3. The molecule has 2 unspecified atom stereocenters. The van der Waals surface area contributed by atoms with Gasteiger partial charge in [-0.15, -0.1) is 0 Å². The topological polar surface area (TPSA) is 97.5 Å². The summed E-state index contributed by atoms with van der Waals surface area (Å²) >= 11 is 0. The fourth-order valence-corrected chi connectivity index (χ4v) is 5.72. The second kappa shape index (κ2) is 7.41. The Kier molecular flexibility index (Phi) is 5.43. The van der Waals surface area contributed by atoms with Crippen LogP contribution >= 0.6 is 0 Å². The van der Waals surface area contributed by atoms with E-state index in [1.54, 1.807) is 0 Å². The average Bonchev–Trinajstić information content (AvgIpc) is 2.61. The van der Waals surface area contributed by atoms with Gasteiger partial charge < -0.3 is 0 Å². The van der Waals surface area contributed by atoms with Crippen molar-refractivity contribution in [3.63, 3.8) is 0 Å². The molecular formula is C18H25NO5S. The molecule has 25 heavy (non-hydrogen) atoms. The van der Waals surface area contributed by atoms with Crippen LogP contribution in [0.5, 0.6) is 0 Å². The summed E-state index contributed by atoms with van der Waals surface area (Å²) in [6.07, 6.45) is 9.55. The van der Waals surface area contributed by atoms with Gasteiger partial charge in [0.1, 0.15) is 4.90 Å². The number of nitrogens with zero attached hydrogens (tertiary/aromatic N) is 1. The minimum Gasteiger partial charge on any atom is -0.282 e. The molecule has 7 heteroatoms. The van der Waals surface area contributed by atoms with E-state index in [1.165, 1.54) is 37.5 Å². The van der Waals surface area contributed by atoms with Gasteiger partial charge in [0.15, 0.2) is 0 Å². The number of rotatable bonds is 4. The summed E-state index contributed by atoms with van der Waals surface area (Å²) in [7, 11) is -4.50. The highest BCUT2D eigenvalue weighted by Gasteiger charge is 2.39. The zero-order valence-electron chi connectivity index (χ0n) is 14.3. The van der Waals surface area contributed by atoms with Crippen molar-refractivity contribution >= 4 is 15.8 Å². The Labute approximate surface area is 148 Å². The van der Waals surface area contributed by atoms with Gasteiger partial charge in [0.2, 0.25) is 0 Å². The molecule has 0 saturated heterocycles. The zero-order chi connectivity index (χ0) is 18.0. The molecule has 3 rings (SSSR count). The first-order valence-corrected chi connectivity index (χ1v) is 10.6. The third-order valence-corrected chi connectivity index (χ3v) is 6.88. The summed E-state index contributed by atoms with van der Waals surface area (Å²) in [4.78, 5) is 10.8. The third kappa shape index (κ3) is 3.87. The van der Waals surface area contributed by atoms with Crippen molar-refractivity contribution < 1.29 is 17.9 Å². The van der Waals surface area contributed by atoms with Crippen LogP contribution in [-0.2, 0) is 10.1 Å². The van der Waals surface area contributed by atoms with Gasteiger partial charge >= 0.3 is 0 Å². The number of hydrogen-bond donors (Lipinski definition) is 1. The van der Waals surface area contributed by atoms with Crippen molar-refractivity contribution in [3.8, 4) is 0 Å². The molecule has 0 heterocycles. The van der Waals surface area contributed by atoms with Crippen LogP contribution in [0.15, 0.2) is 23.1 Å². The van der Waals surface area contributed by atoms with Crippen LogP contribution in [0.3, 0.4) is 0 Å². The maximum Gasteiger partial charge on any atom is 0.295 e. The minimum atomic E-state index is -4.50. The van der Waals surface area contributed by atoms with Gasteiger partial charge in [-0.2, -0.15) is 8.42 Å². The molecule has 6 nitrogen and oxygen atoms in total. The molecule has 1 aromatic carbocycles. The Morgan fingerprint density at radius 3 is 2.28 bits per heavy atom. The van der Waals surface area contributed by atoms with Crippen LogP contribution in [0.4, 0.5) is 5.69 Å². The molecule has 138 valence electrons. The van der Waals surface area contributed by atoms with E-state index in [0.29, 0.717) is 5.92 Å². The maximum absolute atomic E-state index is 11.9. The van der Waals surface area contributed by atoms with Crippen LogP contribution in [0, 0.1) is 22.0 Å². The van der Waals surface area contributed by atoms with Gasteiger partial charge in [-0.1, -0.05) is 51.0 Å². The number of benzene rings is 1. The summed E-state index contributed by atoms with van der Waals surface area (Å²) in [5, 5.41) is 11.6. The lowest BCUT2D eigenvalue weighted by Crippen LogP contribution is -2.28. The van der Waals surface area contributed by atoms with Crippen LogP contribution in [0.1, 0.15) is 69.3 Å². The second-order valence-corrected chi connectivity index (χ2v) is 8.76. The predicted octanol–water partition coefficient (Wildman–Crippen LogP) is 4.70. The SMILES string of the molecule is O=[N+]([O-])c1cccc(S(=O)(=O)O)c1C1CCCCC1C1CCCCC1. The lowest BCUT2D eigenvalue weighted by Gasteiger charge is -2.39. The average molecular weight is 367 g/mol. The number of nitro groups is 1. The molecule has 2 atom stereocenters. The van der Waals surface area contributed by atoms with Crippen molar-refractivity contribution in [3.05, 3.63) is 33.9 Å². The molecular weight excluding hydrogens is 342 g/mol. The fraction of sp³-hybridized carbons (Fsp3) is 0.667. The van der Waals surface area contributed by atoms with E-state index in [-0.39, 0.29) is 28.0 Å². The molecule has 0 aromatic heterocycles. The summed E-state index contributed by atoms with van der Waals surface area (Å²) in [5.74, 6) is 0.583. The van der Waals surface area contributed by atoms with Gasteiger partial charge in [-0.25, -0.2) is 0 Å². The smallest absolute Gasteiger partial charge is 0.282 e. The van der Waals surface area contributed by atoms with Gasteiger partial charge in [-0.05, 0) is 36.7 Å². The number of nitro benzene ring substituents is 1. The Bertz CT molecular complexity index is 740. The van der Waals surface area contributed by atoms with Gasteiger partial charge in [0.05, 0.1) is 10.5 Å².